The van der Waals surface area contributed by atoms with Gasteiger partial charge in [0.2, 0.25) is 10.0 Å². The average Bonchev–Trinajstić information content (AvgIpc) is 2.58. The zero-order valence-corrected chi connectivity index (χ0v) is 16.3. The molecule has 26 heavy (non-hydrogen) atoms. The number of aliphatic hydroxyl groups excluding tert-OH is 1. The number of aliphatic hydroxyl groups is 1. The van der Waals surface area contributed by atoms with E-state index < -0.39 is 16.1 Å². The van der Waals surface area contributed by atoms with Gasteiger partial charge in [-0.2, -0.15) is 0 Å². The van der Waals surface area contributed by atoms with Gasteiger partial charge in [-0.05, 0) is 28.7 Å². The lowest BCUT2D eigenvalue weighted by Crippen LogP contribution is -2.35. The van der Waals surface area contributed by atoms with E-state index in [0.717, 1.165) is 0 Å². The van der Waals surface area contributed by atoms with Crippen molar-refractivity contribution in [3.63, 3.8) is 0 Å². The number of hydrogen-bond acceptors (Lipinski definition) is 4. The van der Waals surface area contributed by atoms with E-state index in [9.17, 15) is 13.5 Å². The van der Waals surface area contributed by atoms with Crippen LogP contribution in [-0.2, 0) is 21.2 Å². The van der Waals surface area contributed by atoms with Crippen LogP contribution in [0.25, 0.3) is 0 Å². The van der Waals surface area contributed by atoms with Gasteiger partial charge in [-0.3, -0.25) is 0 Å². The summed E-state index contributed by atoms with van der Waals surface area (Å²) in [5.41, 5.74) is 1.96. The fourth-order valence-corrected chi connectivity index (χ4v) is 3.55. The van der Waals surface area contributed by atoms with Crippen LogP contribution in [0.5, 0.6) is 5.75 Å². The molecule has 0 heterocycles. The van der Waals surface area contributed by atoms with Gasteiger partial charge < -0.3 is 9.84 Å². The maximum absolute atomic E-state index is 12.0. The SMILES string of the molecule is CC(C)(C)c1ccc(OC[C@H](O)CNS(=O)(=O)Cc2ccccc2)cc1. The Hall–Kier alpha value is -1.89. The maximum atomic E-state index is 12.0. The quantitative estimate of drug-likeness (QED) is 0.742. The highest BCUT2D eigenvalue weighted by Gasteiger charge is 2.15. The van der Waals surface area contributed by atoms with E-state index in [2.05, 4.69) is 25.5 Å². The fourth-order valence-electron chi connectivity index (χ4n) is 2.37. The summed E-state index contributed by atoms with van der Waals surface area (Å²) < 4.78 is 32.0. The molecule has 0 aliphatic heterocycles. The van der Waals surface area contributed by atoms with Gasteiger partial charge in [-0.25, -0.2) is 13.1 Å². The van der Waals surface area contributed by atoms with Crippen molar-refractivity contribution in [1.29, 1.82) is 0 Å². The maximum Gasteiger partial charge on any atom is 0.215 e. The van der Waals surface area contributed by atoms with Gasteiger partial charge in [0.15, 0.2) is 0 Å². The highest BCUT2D eigenvalue weighted by Crippen LogP contribution is 2.24. The second-order valence-corrected chi connectivity index (χ2v) is 9.14. The van der Waals surface area contributed by atoms with Crippen molar-refractivity contribution in [2.75, 3.05) is 13.2 Å². The predicted octanol–water partition coefficient (Wildman–Crippen LogP) is 2.84. The molecule has 0 radical (unpaired) electrons. The smallest absolute Gasteiger partial charge is 0.215 e. The van der Waals surface area contributed by atoms with Crippen molar-refractivity contribution in [1.82, 2.24) is 4.72 Å². The van der Waals surface area contributed by atoms with E-state index >= 15 is 0 Å². The number of ether oxygens (including phenoxy) is 1. The first-order chi connectivity index (χ1) is 12.2. The van der Waals surface area contributed by atoms with E-state index in [1.165, 1.54) is 5.56 Å². The van der Waals surface area contributed by atoms with Crippen molar-refractivity contribution in [3.05, 3.63) is 65.7 Å². The Kier molecular flexibility index (Phi) is 6.81. The molecule has 0 aliphatic rings. The number of rotatable bonds is 8. The van der Waals surface area contributed by atoms with Crippen molar-refractivity contribution in [2.24, 2.45) is 0 Å². The van der Waals surface area contributed by atoms with E-state index in [4.69, 9.17) is 4.74 Å². The minimum Gasteiger partial charge on any atom is -0.491 e. The molecule has 2 rings (SSSR count). The average molecular weight is 378 g/mol. The lowest BCUT2D eigenvalue weighted by molar-refractivity contribution is 0.111. The molecule has 142 valence electrons. The van der Waals surface area contributed by atoms with Gasteiger partial charge in [0.1, 0.15) is 18.5 Å². The molecule has 5 nitrogen and oxygen atoms in total. The summed E-state index contributed by atoms with van der Waals surface area (Å²) in [4.78, 5) is 0. The summed E-state index contributed by atoms with van der Waals surface area (Å²) in [7, 11) is -3.50. The Labute approximate surface area is 156 Å². The van der Waals surface area contributed by atoms with Crippen LogP contribution in [0.15, 0.2) is 54.6 Å². The minimum absolute atomic E-state index is 0.0166. The molecular formula is C20H27NO4S. The molecule has 2 aromatic rings. The topological polar surface area (TPSA) is 75.6 Å². The number of hydrogen-bond donors (Lipinski definition) is 2. The second kappa shape index (κ2) is 8.66. The predicted molar refractivity (Wildman–Crippen MR) is 104 cm³/mol. The van der Waals surface area contributed by atoms with Crippen molar-refractivity contribution >= 4 is 10.0 Å². The Balaban J connectivity index is 1.79. The van der Waals surface area contributed by atoms with Crippen LogP contribution in [0.4, 0.5) is 0 Å². The lowest BCUT2D eigenvalue weighted by atomic mass is 9.87. The van der Waals surface area contributed by atoms with E-state index in [-0.39, 0.29) is 24.3 Å². The normalized spacial score (nSPS) is 13.4. The standard InChI is InChI=1S/C20H27NO4S/c1-20(2,3)17-9-11-19(12-10-17)25-14-18(22)13-21-26(23,24)15-16-7-5-4-6-8-16/h4-12,18,21-22H,13-15H2,1-3H3/t18-/m1/s1. The molecule has 1 atom stereocenters. The number of nitrogens with one attached hydrogen (secondary N) is 1. The van der Waals surface area contributed by atoms with E-state index in [1.54, 1.807) is 24.3 Å². The second-order valence-electron chi connectivity index (χ2n) is 7.33. The van der Waals surface area contributed by atoms with Crippen LogP contribution in [-0.4, -0.2) is 32.8 Å². The van der Waals surface area contributed by atoms with E-state index in [0.29, 0.717) is 11.3 Å². The molecule has 0 amide bonds. The molecule has 0 aromatic heterocycles. The highest BCUT2D eigenvalue weighted by atomic mass is 32.2. The Bertz CT molecular complexity index is 781. The van der Waals surface area contributed by atoms with Crippen LogP contribution >= 0.6 is 0 Å². The molecule has 0 fully saturated rings. The van der Waals surface area contributed by atoms with Crippen molar-refractivity contribution in [3.8, 4) is 5.75 Å². The molecule has 0 bridgehead atoms. The summed E-state index contributed by atoms with van der Waals surface area (Å²) in [6.07, 6.45) is -0.928. The zero-order valence-electron chi connectivity index (χ0n) is 15.5. The van der Waals surface area contributed by atoms with Gasteiger partial charge in [-0.1, -0.05) is 63.2 Å². The molecule has 6 heteroatoms. The van der Waals surface area contributed by atoms with Crippen LogP contribution in [0.2, 0.25) is 0 Å². The van der Waals surface area contributed by atoms with Gasteiger partial charge in [0.05, 0.1) is 5.75 Å². The van der Waals surface area contributed by atoms with Crippen LogP contribution in [0.1, 0.15) is 31.9 Å². The Morgan fingerprint density at radius 3 is 2.23 bits per heavy atom. The molecule has 0 saturated carbocycles. The van der Waals surface area contributed by atoms with Crippen LogP contribution in [0, 0.1) is 0 Å². The fraction of sp³-hybridized carbons (Fsp3) is 0.400. The third kappa shape index (κ3) is 6.78. The number of sulfonamides is 1. The third-order valence-corrected chi connectivity index (χ3v) is 5.22. The third-order valence-electron chi connectivity index (χ3n) is 3.90. The zero-order chi connectivity index (χ0) is 19.2. The lowest BCUT2D eigenvalue weighted by Gasteiger charge is -2.19. The molecule has 0 unspecified atom stereocenters. The summed E-state index contributed by atoms with van der Waals surface area (Å²) in [6.45, 7) is 6.33. The van der Waals surface area contributed by atoms with Gasteiger partial charge in [0, 0.05) is 6.54 Å². The molecule has 2 aromatic carbocycles. The van der Waals surface area contributed by atoms with Gasteiger partial charge in [-0.15, -0.1) is 0 Å². The van der Waals surface area contributed by atoms with E-state index in [1.807, 2.05) is 30.3 Å². The molecule has 0 saturated heterocycles. The summed E-state index contributed by atoms with van der Waals surface area (Å²) >= 11 is 0. The van der Waals surface area contributed by atoms with Crippen LogP contribution in [0.3, 0.4) is 0 Å². The first-order valence-corrected chi connectivity index (χ1v) is 10.2. The molecule has 0 aliphatic carbocycles. The Morgan fingerprint density at radius 1 is 1.04 bits per heavy atom. The molecule has 2 N–H and O–H groups in total. The number of benzene rings is 2. The minimum atomic E-state index is -3.50. The summed E-state index contributed by atoms with van der Waals surface area (Å²) in [5.74, 6) is 0.527. The summed E-state index contributed by atoms with van der Waals surface area (Å²) in [6, 6.07) is 16.6. The summed E-state index contributed by atoms with van der Waals surface area (Å²) in [5, 5.41) is 9.97. The molecular weight excluding hydrogens is 350 g/mol. The van der Waals surface area contributed by atoms with Crippen LogP contribution < -0.4 is 9.46 Å². The largest absolute Gasteiger partial charge is 0.491 e. The first-order valence-electron chi connectivity index (χ1n) is 8.58. The highest BCUT2D eigenvalue weighted by molar-refractivity contribution is 7.88. The Morgan fingerprint density at radius 2 is 1.65 bits per heavy atom. The molecule has 0 spiro atoms. The van der Waals surface area contributed by atoms with Gasteiger partial charge in [0.25, 0.3) is 0 Å². The monoisotopic (exact) mass is 377 g/mol. The first kappa shape index (κ1) is 20.4. The van der Waals surface area contributed by atoms with Crippen molar-refractivity contribution in [2.45, 2.75) is 38.0 Å². The van der Waals surface area contributed by atoms with Crippen molar-refractivity contribution < 1.29 is 18.3 Å². The van der Waals surface area contributed by atoms with Gasteiger partial charge >= 0.3 is 0 Å².